The van der Waals surface area contributed by atoms with E-state index in [2.05, 4.69) is 22.8 Å². The lowest BCUT2D eigenvalue weighted by molar-refractivity contribution is -0.120. The average Bonchev–Trinajstić information content (AvgIpc) is 2.73. The number of nitrogens with zero attached hydrogens (tertiary/aromatic N) is 1. The summed E-state index contributed by atoms with van der Waals surface area (Å²) in [5.41, 5.74) is 3.00. The van der Waals surface area contributed by atoms with E-state index in [0.717, 1.165) is 23.6 Å². The van der Waals surface area contributed by atoms with E-state index in [9.17, 15) is 13.2 Å². The van der Waals surface area contributed by atoms with Gasteiger partial charge in [0.25, 0.3) is 0 Å². The first kappa shape index (κ1) is 22.1. The number of carbonyl (C=O) groups is 1. The van der Waals surface area contributed by atoms with Crippen LogP contribution in [0.4, 0.5) is 5.69 Å². The molecule has 0 saturated heterocycles. The lowest BCUT2D eigenvalue weighted by atomic mass is 9.88. The maximum absolute atomic E-state index is 12.6. The molecule has 30 heavy (non-hydrogen) atoms. The topological polar surface area (TPSA) is 87.7 Å². The summed E-state index contributed by atoms with van der Waals surface area (Å²) in [6.07, 6.45) is 2.99. The van der Waals surface area contributed by atoms with Crippen LogP contribution in [0.5, 0.6) is 5.75 Å². The summed E-state index contributed by atoms with van der Waals surface area (Å²) in [6.45, 7) is 2.20. The second kappa shape index (κ2) is 9.49. The van der Waals surface area contributed by atoms with Gasteiger partial charge in [0, 0.05) is 19.8 Å². The number of sulfonamides is 1. The van der Waals surface area contributed by atoms with Crippen LogP contribution >= 0.6 is 0 Å². The molecular formula is C22H29N3O4S. The molecule has 0 aliphatic heterocycles. The second-order valence-electron chi connectivity index (χ2n) is 7.45. The second-order valence-corrected chi connectivity index (χ2v) is 9.57. The van der Waals surface area contributed by atoms with Crippen LogP contribution in [0.2, 0.25) is 0 Å². The highest BCUT2D eigenvalue weighted by molar-refractivity contribution is 7.89. The molecule has 1 aliphatic rings. The molecule has 2 aromatic carbocycles. The number of anilines is 1. The van der Waals surface area contributed by atoms with Gasteiger partial charge in [-0.15, -0.1) is 0 Å². The van der Waals surface area contributed by atoms with Gasteiger partial charge in [0.2, 0.25) is 15.9 Å². The van der Waals surface area contributed by atoms with E-state index < -0.39 is 10.0 Å². The molecule has 3 rings (SSSR count). The summed E-state index contributed by atoms with van der Waals surface area (Å²) < 4.78 is 31.9. The van der Waals surface area contributed by atoms with Gasteiger partial charge in [-0.1, -0.05) is 24.3 Å². The molecule has 1 aliphatic carbocycles. The van der Waals surface area contributed by atoms with E-state index in [4.69, 9.17) is 4.74 Å². The van der Waals surface area contributed by atoms with Crippen molar-refractivity contribution in [2.24, 2.45) is 0 Å². The zero-order valence-corrected chi connectivity index (χ0v) is 18.5. The summed E-state index contributed by atoms with van der Waals surface area (Å²) >= 11 is 0. The number of fused-ring (bicyclic) bond motifs is 1. The molecule has 2 aromatic rings. The minimum atomic E-state index is -3.68. The van der Waals surface area contributed by atoms with Crippen molar-refractivity contribution in [3.05, 3.63) is 53.6 Å². The summed E-state index contributed by atoms with van der Waals surface area (Å²) in [6, 6.07) is 13.0. The Hall–Kier alpha value is -2.58. The van der Waals surface area contributed by atoms with Gasteiger partial charge >= 0.3 is 0 Å². The van der Waals surface area contributed by atoms with Gasteiger partial charge in [0.1, 0.15) is 10.6 Å². The number of carbonyl (C=O) groups excluding carboxylic acids is 1. The molecule has 0 bridgehead atoms. The summed E-state index contributed by atoms with van der Waals surface area (Å²) in [5.74, 6) is 0.155. The fourth-order valence-corrected chi connectivity index (χ4v) is 4.67. The lowest BCUT2D eigenvalue weighted by Gasteiger charge is -2.26. The first-order valence-corrected chi connectivity index (χ1v) is 11.6. The summed E-state index contributed by atoms with van der Waals surface area (Å²) in [7, 11) is -0.733. The zero-order chi connectivity index (χ0) is 21.7. The lowest BCUT2D eigenvalue weighted by Crippen LogP contribution is -2.35. The van der Waals surface area contributed by atoms with Crippen molar-refractivity contribution in [1.29, 1.82) is 0 Å². The number of rotatable bonds is 8. The molecule has 7 nitrogen and oxygen atoms in total. The highest BCUT2D eigenvalue weighted by Crippen LogP contribution is 2.30. The van der Waals surface area contributed by atoms with Crippen LogP contribution in [0.25, 0.3) is 0 Å². The maximum atomic E-state index is 12.6. The smallest absolute Gasteiger partial charge is 0.246 e. The number of hydrogen-bond donors (Lipinski definition) is 2. The van der Waals surface area contributed by atoms with Crippen molar-refractivity contribution in [2.75, 3.05) is 32.6 Å². The molecular weight excluding hydrogens is 402 g/mol. The molecule has 1 unspecified atom stereocenters. The van der Waals surface area contributed by atoms with E-state index in [0.29, 0.717) is 18.0 Å². The number of ether oxygens (including phenoxy) is 1. The third-order valence-corrected chi connectivity index (χ3v) is 7.00. The fourth-order valence-electron chi connectivity index (χ4n) is 3.62. The Kier molecular flexibility index (Phi) is 6.99. The quantitative estimate of drug-likeness (QED) is 0.671. The van der Waals surface area contributed by atoms with Gasteiger partial charge in [-0.05, 0) is 55.5 Å². The SMILES string of the molecule is CCOc1ccc(NCC(=O)NC2CCCc3ccccc32)cc1S(=O)(=O)N(C)C. The molecule has 1 atom stereocenters. The molecule has 0 spiro atoms. The van der Waals surface area contributed by atoms with Crippen LogP contribution in [0.3, 0.4) is 0 Å². The number of nitrogens with one attached hydrogen (secondary N) is 2. The van der Waals surface area contributed by atoms with E-state index in [1.54, 1.807) is 19.1 Å². The monoisotopic (exact) mass is 431 g/mol. The predicted octanol–water partition coefficient (Wildman–Crippen LogP) is 2.94. The van der Waals surface area contributed by atoms with Gasteiger partial charge in [0.05, 0.1) is 19.2 Å². The maximum Gasteiger partial charge on any atom is 0.246 e. The normalized spacial score (nSPS) is 16.1. The highest BCUT2D eigenvalue weighted by atomic mass is 32.2. The highest BCUT2D eigenvalue weighted by Gasteiger charge is 2.24. The minimum Gasteiger partial charge on any atom is -0.492 e. The third kappa shape index (κ3) is 4.94. The number of aryl methyl sites for hydroxylation is 1. The van der Waals surface area contributed by atoms with Crippen LogP contribution in [0.15, 0.2) is 47.4 Å². The predicted molar refractivity (Wildman–Crippen MR) is 117 cm³/mol. The molecule has 0 radical (unpaired) electrons. The van der Waals surface area contributed by atoms with Crippen LogP contribution in [-0.4, -0.2) is 45.9 Å². The van der Waals surface area contributed by atoms with Crippen molar-refractivity contribution in [2.45, 2.75) is 37.1 Å². The first-order valence-electron chi connectivity index (χ1n) is 10.1. The molecule has 0 aromatic heterocycles. The van der Waals surface area contributed by atoms with Crippen LogP contribution in [0.1, 0.15) is 36.9 Å². The molecule has 162 valence electrons. The summed E-state index contributed by atoms with van der Waals surface area (Å²) in [5, 5.41) is 6.12. The van der Waals surface area contributed by atoms with Crippen molar-refractivity contribution < 1.29 is 17.9 Å². The Balaban J connectivity index is 1.69. The Morgan fingerprint density at radius 1 is 1.20 bits per heavy atom. The van der Waals surface area contributed by atoms with Gasteiger partial charge in [0.15, 0.2) is 0 Å². The molecule has 0 saturated carbocycles. The number of benzene rings is 2. The van der Waals surface area contributed by atoms with Crippen molar-refractivity contribution in [3.8, 4) is 5.75 Å². The van der Waals surface area contributed by atoms with Crippen LogP contribution in [0, 0.1) is 0 Å². The van der Waals surface area contributed by atoms with E-state index in [1.165, 1.54) is 31.3 Å². The average molecular weight is 432 g/mol. The summed E-state index contributed by atoms with van der Waals surface area (Å²) in [4.78, 5) is 12.6. The van der Waals surface area contributed by atoms with E-state index in [1.807, 2.05) is 12.1 Å². The Bertz CT molecular complexity index is 1010. The largest absolute Gasteiger partial charge is 0.492 e. The Morgan fingerprint density at radius 3 is 2.70 bits per heavy atom. The van der Waals surface area contributed by atoms with Gasteiger partial charge < -0.3 is 15.4 Å². The van der Waals surface area contributed by atoms with Crippen molar-refractivity contribution in [1.82, 2.24) is 9.62 Å². The standard InChI is InChI=1S/C22H29N3O4S/c1-4-29-20-13-12-17(14-21(20)30(27,28)25(2)3)23-15-22(26)24-19-11-7-9-16-8-5-6-10-18(16)19/h5-6,8,10,12-14,19,23H,4,7,9,11,15H2,1-3H3,(H,24,26). The molecule has 0 heterocycles. The molecule has 0 fully saturated rings. The first-order chi connectivity index (χ1) is 14.3. The van der Waals surface area contributed by atoms with Crippen LogP contribution in [-0.2, 0) is 21.2 Å². The fraction of sp³-hybridized carbons (Fsp3) is 0.409. The van der Waals surface area contributed by atoms with Gasteiger partial charge in [-0.3, -0.25) is 4.79 Å². The number of hydrogen-bond acceptors (Lipinski definition) is 5. The minimum absolute atomic E-state index is 0.00857. The molecule has 8 heteroatoms. The van der Waals surface area contributed by atoms with E-state index in [-0.39, 0.29) is 23.4 Å². The molecule has 1 amide bonds. The van der Waals surface area contributed by atoms with Crippen molar-refractivity contribution >= 4 is 21.6 Å². The number of amides is 1. The van der Waals surface area contributed by atoms with E-state index >= 15 is 0 Å². The zero-order valence-electron chi connectivity index (χ0n) is 17.6. The van der Waals surface area contributed by atoms with Gasteiger partial charge in [-0.25, -0.2) is 12.7 Å². The Labute approximate surface area is 178 Å². The van der Waals surface area contributed by atoms with Crippen LogP contribution < -0.4 is 15.4 Å². The Morgan fingerprint density at radius 2 is 1.97 bits per heavy atom. The van der Waals surface area contributed by atoms with Gasteiger partial charge in [-0.2, -0.15) is 0 Å². The van der Waals surface area contributed by atoms with Crippen molar-refractivity contribution in [3.63, 3.8) is 0 Å². The third-order valence-electron chi connectivity index (χ3n) is 5.16. The molecule has 2 N–H and O–H groups in total.